The molecule has 0 atom stereocenters. The number of rotatable bonds is 4. The molecule has 0 fully saturated rings. The average Bonchev–Trinajstić information content (AvgIpc) is 2.23. The molecule has 0 saturated heterocycles. The lowest BCUT2D eigenvalue weighted by molar-refractivity contribution is -0.149. The maximum absolute atomic E-state index is 12.3. The van der Waals surface area contributed by atoms with Crippen LogP contribution in [0.4, 0.5) is 13.2 Å². The fourth-order valence-electron chi connectivity index (χ4n) is 1.35. The van der Waals surface area contributed by atoms with E-state index in [1.165, 1.54) is 0 Å². The quantitative estimate of drug-likeness (QED) is 0.861. The molecule has 1 aromatic rings. The number of aromatic nitrogens is 1. The van der Waals surface area contributed by atoms with Gasteiger partial charge in [0.25, 0.3) is 5.91 Å². The Morgan fingerprint density at radius 2 is 1.75 bits per heavy atom. The molecule has 0 bridgehead atoms. The number of alkyl halides is 3. The Morgan fingerprint density at radius 3 is 2.15 bits per heavy atom. The minimum atomic E-state index is -4.73. The lowest BCUT2D eigenvalue weighted by atomic mass is 10.2. The Bertz CT molecular complexity index is 517. The van der Waals surface area contributed by atoms with E-state index in [1.54, 1.807) is 0 Å². The minimum absolute atomic E-state index is 0.129. The number of carbonyl (C=O) groups excluding carboxylic acids is 1. The van der Waals surface area contributed by atoms with Crippen LogP contribution >= 0.6 is 23.2 Å². The van der Waals surface area contributed by atoms with Gasteiger partial charge in [0, 0.05) is 5.56 Å². The van der Waals surface area contributed by atoms with Crippen molar-refractivity contribution in [2.24, 2.45) is 0 Å². The summed E-state index contributed by atoms with van der Waals surface area (Å²) >= 11 is 11.1. The summed E-state index contributed by atoms with van der Waals surface area (Å²) in [5.41, 5.74) is -0.277. The van der Waals surface area contributed by atoms with Crippen molar-refractivity contribution in [3.05, 3.63) is 28.0 Å². The van der Waals surface area contributed by atoms with E-state index in [-0.39, 0.29) is 20.8 Å². The van der Waals surface area contributed by atoms with Crippen LogP contribution in [0, 0.1) is 0 Å². The highest BCUT2D eigenvalue weighted by atomic mass is 35.5. The molecule has 10 heteroatoms. The number of nitrogens with zero attached hydrogens (tertiary/aromatic N) is 2. The molecule has 0 aromatic carbocycles. The zero-order chi connectivity index (χ0) is 15.5. The number of carboxylic acids is 1. The van der Waals surface area contributed by atoms with Crippen LogP contribution in [-0.4, -0.2) is 46.1 Å². The number of pyridine rings is 1. The Hall–Kier alpha value is -1.54. The Labute approximate surface area is 120 Å². The van der Waals surface area contributed by atoms with Gasteiger partial charge in [-0.2, -0.15) is 13.2 Å². The fourth-order valence-corrected chi connectivity index (χ4v) is 1.81. The van der Waals surface area contributed by atoms with Crippen LogP contribution in [-0.2, 0) is 4.79 Å². The van der Waals surface area contributed by atoms with E-state index >= 15 is 0 Å². The summed E-state index contributed by atoms with van der Waals surface area (Å²) in [5.74, 6) is -2.73. The second kappa shape index (κ2) is 6.27. The lowest BCUT2D eigenvalue weighted by Gasteiger charge is -2.22. The highest BCUT2D eigenvalue weighted by molar-refractivity contribution is 6.33. The number of hydrogen-bond donors (Lipinski definition) is 1. The second-order valence-corrected chi connectivity index (χ2v) is 4.45. The first-order chi connectivity index (χ1) is 9.08. The van der Waals surface area contributed by atoms with Crippen molar-refractivity contribution in [2.45, 2.75) is 6.18 Å². The molecule has 0 saturated carbocycles. The highest BCUT2D eigenvalue weighted by Crippen LogP contribution is 2.20. The molecule has 5 nitrogen and oxygen atoms in total. The SMILES string of the molecule is O=C(O)CN(CC(F)(F)F)C(=O)c1cc(Cl)nc(Cl)c1. The standard InChI is InChI=1S/C10H7Cl2F3N2O3/c11-6-1-5(2-7(12)16-6)9(20)17(3-8(18)19)4-10(13,14)15/h1-2H,3-4H2,(H,18,19). The fraction of sp³-hybridized carbons (Fsp3) is 0.300. The third-order valence-electron chi connectivity index (χ3n) is 1.99. The summed E-state index contributed by atoms with van der Waals surface area (Å²) in [4.78, 5) is 26.1. The van der Waals surface area contributed by atoms with Gasteiger partial charge in [-0.05, 0) is 12.1 Å². The summed E-state index contributed by atoms with van der Waals surface area (Å²) in [6.07, 6.45) is -4.73. The number of amides is 1. The molecule has 1 rings (SSSR count). The van der Waals surface area contributed by atoms with Gasteiger partial charge in [0.2, 0.25) is 0 Å². The van der Waals surface area contributed by atoms with Crippen LogP contribution in [0.15, 0.2) is 12.1 Å². The van der Waals surface area contributed by atoms with Crippen LogP contribution in [0.3, 0.4) is 0 Å². The van der Waals surface area contributed by atoms with Crippen LogP contribution in [0.5, 0.6) is 0 Å². The third kappa shape index (κ3) is 5.22. The number of aliphatic carboxylic acids is 1. The highest BCUT2D eigenvalue weighted by Gasteiger charge is 2.34. The van der Waals surface area contributed by atoms with Crippen LogP contribution in [0.1, 0.15) is 10.4 Å². The summed E-state index contributed by atoms with van der Waals surface area (Å²) in [5, 5.41) is 8.18. The van der Waals surface area contributed by atoms with Gasteiger partial charge in [0.15, 0.2) is 0 Å². The topological polar surface area (TPSA) is 70.5 Å². The Kier molecular flexibility index (Phi) is 5.18. The molecule has 1 heterocycles. The van der Waals surface area contributed by atoms with Crippen molar-refractivity contribution in [3.63, 3.8) is 0 Å². The van der Waals surface area contributed by atoms with Gasteiger partial charge >= 0.3 is 12.1 Å². The van der Waals surface area contributed by atoms with E-state index in [2.05, 4.69) is 4.98 Å². The monoisotopic (exact) mass is 330 g/mol. The van der Waals surface area contributed by atoms with E-state index in [4.69, 9.17) is 28.3 Å². The van der Waals surface area contributed by atoms with E-state index < -0.39 is 31.1 Å². The van der Waals surface area contributed by atoms with Gasteiger partial charge in [-0.25, -0.2) is 4.98 Å². The zero-order valence-corrected chi connectivity index (χ0v) is 11.1. The molecule has 0 aliphatic heterocycles. The molecule has 20 heavy (non-hydrogen) atoms. The van der Waals surface area contributed by atoms with Crippen molar-refractivity contribution in [1.29, 1.82) is 0 Å². The van der Waals surface area contributed by atoms with Crippen molar-refractivity contribution in [2.75, 3.05) is 13.1 Å². The molecule has 0 radical (unpaired) electrons. The molecule has 0 aliphatic carbocycles. The molecule has 1 amide bonds. The summed E-state index contributed by atoms with van der Waals surface area (Å²) < 4.78 is 37.0. The summed E-state index contributed by atoms with van der Waals surface area (Å²) in [7, 11) is 0. The van der Waals surface area contributed by atoms with E-state index in [0.717, 1.165) is 12.1 Å². The van der Waals surface area contributed by atoms with Crippen molar-refractivity contribution in [3.8, 4) is 0 Å². The first-order valence-corrected chi connectivity index (χ1v) is 5.75. The summed E-state index contributed by atoms with van der Waals surface area (Å²) in [6.45, 7) is -2.80. The van der Waals surface area contributed by atoms with Gasteiger partial charge in [-0.3, -0.25) is 9.59 Å². The molecule has 0 aliphatic rings. The van der Waals surface area contributed by atoms with Crippen LogP contribution in [0.25, 0.3) is 0 Å². The zero-order valence-electron chi connectivity index (χ0n) is 9.62. The average molecular weight is 331 g/mol. The van der Waals surface area contributed by atoms with Gasteiger partial charge in [-0.15, -0.1) is 0 Å². The normalized spacial score (nSPS) is 11.2. The van der Waals surface area contributed by atoms with E-state index in [1.807, 2.05) is 0 Å². The lowest BCUT2D eigenvalue weighted by Crippen LogP contribution is -2.42. The minimum Gasteiger partial charge on any atom is -0.480 e. The maximum Gasteiger partial charge on any atom is 0.406 e. The first kappa shape index (κ1) is 16.5. The van der Waals surface area contributed by atoms with Crippen molar-refractivity contribution >= 4 is 35.1 Å². The molecular formula is C10H7Cl2F3N2O3. The van der Waals surface area contributed by atoms with Crippen LogP contribution in [0.2, 0.25) is 10.3 Å². The number of carbonyl (C=O) groups is 2. The molecular weight excluding hydrogens is 324 g/mol. The van der Waals surface area contributed by atoms with E-state index in [9.17, 15) is 22.8 Å². The van der Waals surface area contributed by atoms with Crippen molar-refractivity contribution < 1.29 is 27.9 Å². The van der Waals surface area contributed by atoms with Gasteiger partial charge < -0.3 is 10.0 Å². The largest absolute Gasteiger partial charge is 0.480 e. The van der Waals surface area contributed by atoms with Gasteiger partial charge in [-0.1, -0.05) is 23.2 Å². The first-order valence-electron chi connectivity index (χ1n) is 4.99. The maximum atomic E-state index is 12.3. The van der Waals surface area contributed by atoms with Crippen LogP contribution < -0.4 is 0 Å². The van der Waals surface area contributed by atoms with E-state index in [0.29, 0.717) is 0 Å². The van der Waals surface area contributed by atoms with Gasteiger partial charge in [0.05, 0.1) is 0 Å². The predicted molar refractivity (Wildman–Crippen MR) is 63.9 cm³/mol. The molecule has 1 aromatic heterocycles. The number of carboxylic acid groups (broad SMARTS) is 1. The number of halogens is 5. The summed E-state index contributed by atoms with van der Waals surface area (Å²) in [6, 6.07) is 2.00. The third-order valence-corrected chi connectivity index (χ3v) is 2.38. The predicted octanol–water partition coefficient (Wildman–Crippen LogP) is 2.48. The second-order valence-electron chi connectivity index (χ2n) is 3.67. The van der Waals surface area contributed by atoms with Crippen molar-refractivity contribution in [1.82, 2.24) is 9.88 Å². The molecule has 0 spiro atoms. The smallest absolute Gasteiger partial charge is 0.406 e. The Balaban J connectivity index is 3.06. The molecule has 0 unspecified atom stereocenters. The van der Waals surface area contributed by atoms with Gasteiger partial charge in [0.1, 0.15) is 23.4 Å². The molecule has 110 valence electrons. The molecule has 1 N–H and O–H groups in total. The number of hydrogen-bond acceptors (Lipinski definition) is 3. The Morgan fingerprint density at radius 1 is 1.25 bits per heavy atom.